The van der Waals surface area contributed by atoms with E-state index in [1.807, 2.05) is 0 Å². The first-order valence-corrected chi connectivity index (χ1v) is 6.76. The van der Waals surface area contributed by atoms with Crippen LogP contribution in [0, 0.1) is 0 Å². The van der Waals surface area contributed by atoms with Crippen molar-refractivity contribution in [2.45, 2.75) is 38.4 Å². The lowest BCUT2D eigenvalue weighted by atomic mass is 10.2. The predicted molar refractivity (Wildman–Crippen MR) is 55.8 cm³/mol. The van der Waals surface area contributed by atoms with Gasteiger partial charge in [-0.25, -0.2) is 4.39 Å². The van der Waals surface area contributed by atoms with Crippen molar-refractivity contribution < 1.29 is 17.7 Å². The van der Waals surface area contributed by atoms with E-state index in [4.69, 9.17) is 13.3 Å². The van der Waals surface area contributed by atoms with Crippen LogP contribution in [0.25, 0.3) is 0 Å². The van der Waals surface area contributed by atoms with Gasteiger partial charge in [-0.2, -0.15) is 0 Å². The van der Waals surface area contributed by atoms with Crippen molar-refractivity contribution >= 4 is 8.80 Å². The van der Waals surface area contributed by atoms with Crippen molar-refractivity contribution in [2.24, 2.45) is 0 Å². The number of alkyl halides is 1. The van der Waals surface area contributed by atoms with Gasteiger partial charge in [-0.05, 0) is 6.42 Å². The normalized spacial score (nSPS) is 14.4. The van der Waals surface area contributed by atoms with Crippen LogP contribution in [0.2, 0.25) is 0 Å². The number of hydrogen-bond donors (Lipinski definition) is 0. The molecule has 5 heteroatoms. The Kier molecular flexibility index (Phi) is 7.35. The maximum atomic E-state index is 13.7. The summed E-state index contributed by atoms with van der Waals surface area (Å²) in [5.74, 6) is -1.12. The van der Waals surface area contributed by atoms with Crippen LogP contribution in [-0.2, 0) is 13.3 Å². The van der Waals surface area contributed by atoms with Crippen LogP contribution in [0.1, 0.15) is 32.6 Å². The summed E-state index contributed by atoms with van der Waals surface area (Å²) in [5.41, 5.74) is 0. The summed E-state index contributed by atoms with van der Waals surface area (Å²) in [4.78, 5) is 0. The Morgan fingerprint density at radius 2 is 1.57 bits per heavy atom. The molecule has 3 nitrogen and oxygen atoms in total. The van der Waals surface area contributed by atoms with E-state index in [1.54, 1.807) is 0 Å². The highest BCUT2D eigenvalue weighted by atomic mass is 28.4. The van der Waals surface area contributed by atoms with Crippen LogP contribution in [0.15, 0.2) is 0 Å². The molecule has 0 radical (unpaired) electrons. The molecule has 0 aromatic carbocycles. The topological polar surface area (TPSA) is 27.7 Å². The van der Waals surface area contributed by atoms with Crippen molar-refractivity contribution in [2.75, 3.05) is 21.3 Å². The van der Waals surface area contributed by atoms with Gasteiger partial charge >= 0.3 is 8.80 Å². The quantitative estimate of drug-likeness (QED) is 0.468. The Bertz CT molecular complexity index is 134. The molecule has 0 aromatic heterocycles. The SMILES string of the molecule is CCCCCC(F)[Si](OC)(OC)OC. The summed E-state index contributed by atoms with van der Waals surface area (Å²) in [5, 5.41) is 0. The van der Waals surface area contributed by atoms with E-state index in [0.29, 0.717) is 6.42 Å². The molecule has 0 aromatic rings. The van der Waals surface area contributed by atoms with E-state index < -0.39 is 14.6 Å². The van der Waals surface area contributed by atoms with Crippen molar-refractivity contribution in [3.8, 4) is 0 Å². The molecular formula is C9H21FO3Si. The summed E-state index contributed by atoms with van der Waals surface area (Å²) in [7, 11) is 1.27. The molecule has 14 heavy (non-hydrogen) atoms. The summed E-state index contributed by atoms with van der Waals surface area (Å²) in [6.07, 6.45) is 3.41. The zero-order valence-corrected chi connectivity index (χ0v) is 10.5. The van der Waals surface area contributed by atoms with Gasteiger partial charge in [0.1, 0.15) is 0 Å². The van der Waals surface area contributed by atoms with Crippen LogP contribution in [-0.4, -0.2) is 35.9 Å². The molecule has 0 fully saturated rings. The van der Waals surface area contributed by atoms with E-state index >= 15 is 0 Å². The minimum Gasteiger partial charge on any atom is -0.375 e. The van der Waals surface area contributed by atoms with Gasteiger partial charge in [-0.3, -0.25) is 0 Å². The Hall–Kier alpha value is 0.0269. The molecule has 0 aliphatic carbocycles. The second-order valence-electron chi connectivity index (χ2n) is 3.18. The first-order chi connectivity index (χ1) is 6.66. The van der Waals surface area contributed by atoms with Gasteiger partial charge in [0.2, 0.25) is 0 Å². The number of rotatable bonds is 8. The highest BCUT2D eigenvalue weighted by Crippen LogP contribution is 2.20. The first kappa shape index (κ1) is 14.0. The second kappa shape index (κ2) is 7.34. The zero-order chi connectivity index (χ0) is 11.0. The second-order valence-corrected chi connectivity index (χ2v) is 6.24. The smallest absolute Gasteiger partial charge is 0.375 e. The van der Waals surface area contributed by atoms with E-state index in [-0.39, 0.29) is 0 Å². The van der Waals surface area contributed by atoms with Gasteiger partial charge in [-0.1, -0.05) is 26.2 Å². The molecule has 0 N–H and O–H groups in total. The summed E-state index contributed by atoms with van der Waals surface area (Å²) in [6, 6.07) is 0. The Morgan fingerprint density at radius 3 is 1.93 bits per heavy atom. The average molecular weight is 224 g/mol. The summed E-state index contributed by atoms with van der Waals surface area (Å²) < 4.78 is 28.9. The maximum Gasteiger partial charge on any atom is 0.536 e. The highest BCUT2D eigenvalue weighted by Gasteiger charge is 2.47. The minimum absolute atomic E-state index is 0.454. The average Bonchev–Trinajstić information content (AvgIpc) is 2.22. The van der Waals surface area contributed by atoms with Crippen LogP contribution in [0.4, 0.5) is 4.39 Å². The van der Waals surface area contributed by atoms with Gasteiger partial charge in [0, 0.05) is 21.3 Å². The fourth-order valence-corrected chi connectivity index (χ4v) is 3.21. The maximum absolute atomic E-state index is 13.7. The zero-order valence-electron chi connectivity index (χ0n) is 9.51. The highest BCUT2D eigenvalue weighted by molar-refractivity contribution is 6.62. The fraction of sp³-hybridized carbons (Fsp3) is 1.00. The predicted octanol–water partition coefficient (Wildman–Crippen LogP) is 2.32. The molecule has 0 aliphatic heterocycles. The lowest BCUT2D eigenvalue weighted by Crippen LogP contribution is -2.52. The third-order valence-corrected chi connectivity index (χ3v) is 5.06. The summed E-state index contributed by atoms with van der Waals surface area (Å²) >= 11 is 0. The van der Waals surface area contributed by atoms with E-state index in [9.17, 15) is 4.39 Å². The van der Waals surface area contributed by atoms with Crippen LogP contribution >= 0.6 is 0 Å². The molecule has 0 heterocycles. The summed E-state index contributed by atoms with van der Waals surface area (Å²) in [6.45, 7) is 2.08. The molecule has 0 saturated heterocycles. The molecule has 0 spiro atoms. The standard InChI is InChI=1S/C9H21FO3Si/c1-5-6-7-8-9(10)14(11-2,12-3)13-4/h9H,5-8H2,1-4H3. The Balaban J connectivity index is 4.07. The lowest BCUT2D eigenvalue weighted by molar-refractivity contribution is 0.0853. The largest absolute Gasteiger partial charge is 0.536 e. The lowest BCUT2D eigenvalue weighted by Gasteiger charge is -2.27. The molecule has 0 aliphatic rings. The Morgan fingerprint density at radius 1 is 1.07 bits per heavy atom. The molecule has 1 unspecified atom stereocenters. The molecule has 1 atom stereocenters. The minimum atomic E-state index is -3.04. The van der Waals surface area contributed by atoms with Gasteiger partial charge < -0.3 is 13.3 Å². The van der Waals surface area contributed by atoms with Gasteiger partial charge in [0.25, 0.3) is 0 Å². The van der Waals surface area contributed by atoms with E-state index in [0.717, 1.165) is 19.3 Å². The molecule has 0 rings (SSSR count). The molecule has 0 saturated carbocycles. The van der Waals surface area contributed by atoms with Crippen molar-refractivity contribution in [1.29, 1.82) is 0 Å². The van der Waals surface area contributed by atoms with Gasteiger partial charge in [-0.15, -0.1) is 0 Å². The van der Waals surface area contributed by atoms with Crippen LogP contribution in [0.5, 0.6) is 0 Å². The van der Waals surface area contributed by atoms with Crippen LogP contribution < -0.4 is 0 Å². The van der Waals surface area contributed by atoms with Crippen molar-refractivity contribution in [3.63, 3.8) is 0 Å². The monoisotopic (exact) mass is 224 g/mol. The van der Waals surface area contributed by atoms with Crippen LogP contribution in [0.3, 0.4) is 0 Å². The molecule has 0 bridgehead atoms. The molecule has 86 valence electrons. The van der Waals surface area contributed by atoms with E-state index in [2.05, 4.69) is 6.92 Å². The number of unbranched alkanes of at least 4 members (excludes halogenated alkanes) is 2. The third kappa shape index (κ3) is 3.65. The van der Waals surface area contributed by atoms with Crippen molar-refractivity contribution in [3.05, 3.63) is 0 Å². The number of halogens is 1. The van der Waals surface area contributed by atoms with Gasteiger partial charge in [0.15, 0.2) is 5.79 Å². The molecular weight excluding hydrogens is 203 g/mol. The van der Waals surface area contributed by atoms with E-state index in [1.165, 1.54) is 21.3 Å². The third-order valence-electron chi connectivity index (χ3n) is 2.30. The van der Waals surface area contributed by atoms with Crippen molar-refractivity contribution in [1.82, 2.24) is 0 Å². The van der Waals surface area contributed by atoms with Gasteiger partial charge in [0.05, 0.1) is 0 Å². The number of hydrogen-bond acceptors (Lipinski definition) is 3. The fourth-order valence-electron chi connectivity index (χ4n) is 1.38. The Labute approximate surface area is 86.9 Å². The first-order valence-electron chi connectivity index (χ1n) is 4.96. The molecule has 0 amide bonds.